The maximum atomic E-state index is 13.0. The SMILES string of the molecule is CCCn1c(=O)sc2cc(S(=O)(=O)NC(C)c3ccc(N4CCCCC4)cc3)ccc21. The summed E-state index contributed by atoms with van der Waals surface area (Å²) in [5.41, 5.74) is 2.90. The summed E-state index contributed by atoms with van der Waals surface area (Å²) in [6.45, 7) is 6.65. The van der Waals surface area contributed by atoms with Crippen LogP contribution in [0, 0.1) is 0 Å². The number of piperidine rings is 1. The molecule has 4 rings (SSSR count). The monoisotopic (exact) mass is 459 g/mol. The van der Waals surface area contributed by atoms with Gasteiger partial charge in [0.05, 0.1) is 15.1 Å². The van der Waals surface area contributed by atoms with Crippen LogP contribution in [0.25, 0.3) is 10.2 Å². The van der Waals surface area contributed by atoms with Gasteiger partial charge < -0.3 is 4.90 Å². The minimum absolute atomic E-state index is 0.0541. The fourth-order valence-electron chi connectivity index (χ4n) is 4.14. The van der Waals surface area contributed by atoms with Gasteiger partial charge in [-0.05, 0) is 68.5 Å². The maximum absolute atomic E-state index is 13.0. The summed E-state index contributed by atoms with van der Waals surface area (Å²) in [7, 11) is -3.71. The van der Waals surface area contributed by atoms with E-state index >= 15 is 0 Å². The minimum atomic E-state index is -3.71. The molecule has 3 aromatic rings. The van der Waals surface area contributed by atoms with Crippen LogP contribution >= 0.6 is 11.3 Å². The molecule has 0 aliphatic carbocycles. The van der Waals surface area contributed by atoms with Crippen LogP contribution in [0.4, 0.5) is 5.69 Å². The Hall–Kier alpha value is -2.16. The third kappa shape index (κ3) is 4.71. The van der Waals surface area contributed by atoms with E-state index in [2.05, 4.69) is 21.8 Å². The lowest BCUT2D eigenvalue weighted by Gasteiger charge is -2.29. The van der Waals surface area contributed by atoms with E-state index in [9.17, 15) is 13.2 Å². The average Bonchev–Trinajstić information content (AvgIpc) is 3.09. The smallest absolute Gasteiger partial charge is 0.308 e. The van der Waals surface area contributed by atoms with E-state index in [0.717, 1.165) is 41.9 Å². The fraction of sp³-hybridized carbons (Fsp3) is 0.435. The van der Waals surface area contributed by atoms with Crippen molar-refractivity contribution in [1.82, 2.24) is 9.29 Å². The first kappa shape index (κ1) is 22.0. The van der Waals surface area contributed by atoms with E-state index in [-0.39, 0.29) is 15.8 Å². The molecule has 0 saturated carbocycles. The zero-order valence-electron chi connectivity index (χ0n) is 18.0. The van der Waals surface area contributed by atoms with Crippen molar-refractivity contribution in [1.29, 1.82) is 0 Å². The molecular formula is C23H29N3O3S2. The number of anilines is 1. The molecule has 2 heterocycles. The number of sulfonamides is 1. The van der Waals surface area contributed by atoms with Crippen molar-refractivity contribution in [2.75, 3.05) is 18.0 Å². The van der Waals surface area contributed by atoms with Gasteiger partial charge in [-0.2, -0.15) is 0 Å². The first-order valence-electron chi connectivity index (χ1n) is 10.9. The van der Waals surface area contributed by atoms with Gasteiger partial charge in [0.2, 0.25) is 10.0 Å². The molecule has 1 aliphatic rings. The van der Waals surface area contributed by atoms with E-state index in [1.165, 1.54) is 24.9 Å². The molecule has 1 unspecified atom stereocenters. The third-order valence-electron chi connectivity index (χ3n) is 5.84. The molecule has 1 fully saturated rings. The molecule has 6 nitrogen and oxygen atoms in total. The number of fused-ring (bicyclic) bond motifs is 1. The van der Waals surface area contributed by atoms with Crippen LogP contribution in [-0.2, 0) is 16.6 Å². The number of hydrogen-bond donors (Lipinski definition) is 1. The molecule has 0 bridgehead atoms. The Bertz CT molecular complexity index is 1210. The number of benzene rings is 2. The minimum Gasteiger partial charge on any atom is -0.372 e. The molecule has 31 heavy (non-hydrogen) atoms. The Morgan fingerprint density at radius 1 is 1.06 bits per heavy atom. The van der Waals surface area contributed by atoms with E-state index in [0.29, 0.717) is 11.2 Å². The summed E-state index contributed by atoms with van der Waals surface area (Å²) in [6, 6.07) is 12.7. The number of aromatic nitrogens is 1. The summed E-state index contributed by atoms with van der Waals surface area (Å²) in [5, 5.41) is 0. The molecule has 1 N–H and O–H groups in total. The normalized spacial score (nSPS) is 16.0. The molecule has 1 saturated heterocycles. The first-order valence-corrected chi connectivity index (χ1v) is 13.2. The Kier molecular flexibility index (Phi) is 6.50. The molecule has 166 valence electrons. The van der Waals surface area contributed by atoms with Gasteiger partial charge >= 0.3 is 4.87 Å². The van der Waals surface area contributed by atoms with E-state index < -0.39 is 10.0 Å². The first-order chi connectivity index (χ1) is 14.9. The predicted molar refractivity (Wildman–Crippen MR) is 128 cm³/mol. The zero-order valence-corrected chi connectivity index (χ0v) is 19.6. The second kappa shape index (κ2) is 9.14. The highest BCUT2D eigenvalue weighted by atomic mass is 32.2. The van der Waals surface area contributed by atoms with Crippen molar-refractivity contribution >= 4 is 37.3 Å². The van der Waals surface area contributed by atoms with E-state index in [1.807, 2.05) is 26.0 Å². The summed E-state index contributed by atoms with van der Waals surface area (Å²) in [5.74, 6) is 0. The Morgan fingerprint density at radius 3 is 2.45 bits per heavy atom. The average molecular weight is 460 g/mol. The number of rotatable bonds is 7. The summed E-state index contributed by atoms with van der Waals surface area (Å²) < 4.78 is 31.2. The third-order valence-corrected chi connectivity index (χ3v) is 8.32. The lowest BCUT2D eigenvalue weighted by molar-refractivity contribution is 0.566. The number of nitrogens with zero attached hydrogens (tertiary/aromatic N) is 2. The van der Waals surface area contributed by atoms with Crippen LogP contribution in [0.5, 0.6) is 0 Å². The van der Waals surface area contributed by atoms with Crippen molar-refractivity contribution < 1.29 is 8.42 Å². The molecule has 1 aromatic heterocycles. The standard InChI is InChI=1S/C23H29N3O3S2/c1-3-13-26-21-12-11-20(16-22(21)30-23(26)27)31(28,29)24-17(2)18-7-9-19(10-8-18)25-14-5-4-6-15-25/h7-12,16-17,24H,3-6,13-15H2,1-2H3. The van der Waals surface area contributed by atoms with Gasteiger partial charge in [0, 0.05) is 31.4 Å². The molecule has 0 spiro atoms. The van der Waals surface area contributed by atoms with Crippen LogP contribution in [0.3, 0.4) is 0 Å². The van der Waals surface area contributed by atoms with Crippen LogP contribution in [-0.4, -0.2) is 26.1 Å². The summed E-state index contributed by atoms with van der Waals surface area (Å²) in [6.07, 6.45) is 4.58. The number of aryl methyl sites for hydroxylation is 1. The Labute approximate surface area is 187 Å². The van der Waals surface area contributed by atoms with E-state index in [1.54, 1.807) is 22.8 Å². The molecule has 0 radical (unpaired) electrons. The second-order valence-corrected chi connectivity index (χ2v) is 10.8. The van der Waals surface area contributed by atoms with Gasteiger partial charge in [-0.15, -0.1) is 0 Å². The quantitative estimate of drug-likeness (QED) is 0.565. The maximum Gasteiger partial charge on any atom is 0.308 e. The molecular weight excluding hydrogens is 430 g/mol. The van der Waals surface area contributed by atoms with Gasteiger partial charge in [0.25, 0.3) is 0 Å². The van der Waals surface area contributed by atoms with Gasteiger partial charge in [-0.25, -0.2) is 13.1 Å². The highest BCUT2D eigenvalue weighted by Crippen LogP contribution is 2.25. The lowest BCUT2D eigenvalue weighted by atomic mass is 10.1. The lowest BCUT2D eigenvalue weighted by Crippen LogP contribution is -2.29. The topological polar surface area (TPSA) is 71.4 Å². The second-order valence-electron chi connectivity index (χ2n) is 8.13. The summed E-state index contributed by atoms with van der Waals surface area (Å²) >= 11 is 1.09. The van der Waals surface area contributed by atoms with Gasteiger partial charge in [0.1, 0.15) is 0 Å². The zero-order chi connectivity index (χ0) is 22.0. The molecule has 0 amide bonds. The number of hydrogen-bond acceptors (Lipinski definition) is 5. The summed E-state index contributed by atoms with van der Waals surface area (Å²) in [4.78, 5) is 14.7. The Balaban J connectivity index is 1.52. The van der Waals surface area contributed by atoms with Crippen molar-refractivity contribution in [2.45, 2.75) is 57.0 Å². The number of thiazole rings is 1. The fourth-order valence-corrected chi connectivity index (χ4v) is 6.43. The number of nitrogens with one attached hydrogen (secondary N) is 1. The van der Waals surface area contributed by atoms with Crippen LogP contribution in [0.2, 0.25) is 0 Å². The molecule has 2 aromatic carbocycles. The Morgan fingerprint density at radius 2 is 1.77 bits per heavy atom. The van der Waals surface area contributed by atoms with Crippen molar-refractivity contribution in [3.05, 3.63) is 57.7 Å². The highest BCUT2D eigenvalue weighted by Gasteiger charge is 2.20. The van der Waals surface area contributed by atoms with Crippen LogP contribution < -0.4 is 14.5 Å². The van der Waals surface area contributed by atoms with Crippen molar-refractivity contribution in [2.24, 2.45) is 0 Å². The largest absolute Gasteiger partial charge is 0.372 e. The van der Waals surface area contributed by atoms with Crippen molar-refractivity contribution in [3.63, 3.8) is 0 Å². The van der Waals surface area contributed by atoms with Gasteiger partial charge in [-0.3, -0.25) is 9.36 Å². The molecule has 1 aliphatic heterocycles. The van der Waals surface area contributed by atoms with Gasteiger partial charge in [0.15, 0.2) is 0 Å². The molecule has 1 atom stereocenters. The predicted octanol–water partition coefficient (Wildman–Crippen LogP) is 4.50. The van der Waals surface area contributed by atoms with E-state index in [4.69, 9.17) is 0 Å². The highest BCUT2D eigenvalue weighted by molar-refractivity contribution is 7.89. The van der Waals surface area contributed by atoms with Crippen LogP contribution in [0.1, 0.15) is 51.1 Å². The molecule has 8 heteroatoms. The van der Waals surface area contributed by atoms with Crippen molar-refractivity contribution in [3.8, 4) is 0 Å². The van der Waals surface area contributed by atoms with Crippen LogP contribution in [0.15, 0.2) is 52.2 Å². The van der Waals surface area contributed by atoms with Gasteiger partial charge in [-0.1, -0.05) is 30.4 Å².